The van der Waals surface area contributed by atoms with E-state index in [1.165, 1.54) is 5.56 Å². The lowest BCUT2D eigenvalue weighted by Gasteiger charge is -2.26. The van der Waals surface area contributed by atoms with Gasteiger partial charge in [-0.1, -0.05) is 18.2 Å². The zero-order valence-electron chi connectivity index (χ0n) is 14.9. The molecule has 1 atom stereocenters. The first-order valence-corrected chi connectivity index (χ1v) is 9.13. The van der Waals surface area contributed by atoms with E-state index < -0.39 is 11.9 Å². The fraction of sp³-hybridized carbons (Fsp3) is 0.286. The van der Waals surface area contributed by atoms with E-state index in [1.54, 1.807) is 17.6 Å². The van der Waals surface area contributed by atoms with Crippen molar-refractivity contribution in [3.05, 3.63) is 73.4 Å². The molecule has 0 spiro atoms. The number of nitrogens with zero attached hydrogens (tertiary/aromatic N) is 1. The molecule has 4 heterocycles. The second-order valence-electron chi connectivity index (χ2n) is 7.31. The van der Waals surface area contributed by atoms with Gasteiger partial charge in [-0.15, -0.1) is 0 Å². The first kappa shape index (κ1) is 16.1. The molecular weight excluding hydrogens is 344 g/mol. The molecule has 1 unspecified atom stereocenters. The van der Waals surface area contributed by atoms with Gasteiger partial charge in [-0.05, 0) is 36.8 Å². The summed E-state index contributed by atoms with van der Waals surface area (Å²) in [5.74, 6) is -0.773. The Morgan fingerprint density at radius 1 is 1.19 bits per heavy atom. The topological polar surface area (TPSA) is 81.2 Å². The Bertz CT molecular complexity index is 1240. The molecule has 5 rings (SSSR count). The lowest BCUT2D eigenvalue weighted by molar-refractivity contribution is -0.135. The molecule has 1 N–H and O–H groups in total. The van der Waals surface area contributed by atoms with Crippen molar-refractivity contribution in [3.63, 3.8) is 0 Å². The standard InChI is InChI=1S/C21H18N2O4/c1-11-8-16-18(20(25)22-11)14(10-17(24)27-16)15-9-13-5-2-4-12-6-3-7-23(19(12)13)21(15)26/h2,4-5,8-9,14H,3,6-7,10H2,1H3,(H,22,25). The van der Waals surface area contributed by atoms with Crippen LogP contribution in [-0.4, -0.2) is 15.5 Å². The van der Waals surface area contributed by atoms with Crippen LogP contribution in [-0.2, 0) is 17.8 Å². The van der Waals surface area contributed by atoms with Crippen molar-refractivity contribution < 1.29 is 9.53 Å². The van der Waals surface area contributed by atoms with Crippen LogP contribution >= 0.6 is 0 Å². The molecule has 2 aliphatic heterocycles. The van der Waals surface area contributed by atoms with Gasteiger partial charge in [-0.25, -0.2) is 0 Å². The summed E-state index contributed by atoms with van der Waals surface area (Å²) in [6, 6.07) is 9.50. The third-order valence-electron chi connectivity index (χ3n) is 5.54. The van der Waals surface area contributed by atoms with Gasteiger partial charge in [0, 0.05) is 29.8 Å². The number of H-pyrrole nitrogens is 1. The maximum Gasteiger partial charge on any atom is 0.312 e. The van der Waals surface area contributed by atoms with Gasteiger partial charge < -0.3 is 14.3 Å². The Balaban J connectivity index is 1.81. The zero-order valence-corrected chi connectivity index (χ0v) is 14.9. The molecule has 136 valence electrons. The smallest absolute Gasteiger partial charge is 0.312 e. The molecule has 0 fully saturated rings. The molecule has 27 heavy (non-hydrogen) atoms. The van der Waals surface area contributed by atoms with Gasteiger partial charge in [-0.2, -0.15) is 0 Å². The van der Waals surface area contributed by atoms with E-state index in [1.807, 2.05) is 18.2 Å². The van der Waals surface area contributed by atoms with E-state index in [4.69, 9.17) is 4.74 Å². The molecule has 0 saturated heterocycles. The van der Waals surface area contributed by atoms with Crippen molar-refractivity contribution in [2.45, 2.75) is 38.6 Å². The number of ether oxygens (including phenoxy) is 1. The van der Waals surface area contributed by atoms with Gasteiger partial charge in [0.25, 0.3) is 11.1 Å². The number of esters is 1. The molecule has 0 radical (unpaired) electrons. The van der Waals surface area contributed by atoms with Gasteiger partial charge >= 0.3 is 5.97 Å². The number of carbonyl (C=O) groups excluding carboxylic acids is 1. The Morgan fingerprint density at radius 2 is 2.04 bits per heavy atom. The maximum absolute atomic E-state index is 13.3. The van der Waals surface area contributed by atoms with Crippen LogP contribution in [0.4, 0.5) is 0 Å². The number of hydrogen-bond acceptors (Lipinski definition) is 4. The monoisotopic (exact) mass is 362 g/mol. The van der Waals surface area contributed by atoms with Crippen molar-refractivity contribution >= 4 is 16.9 Å². The van der Waals surface area contributed by atoms with Crippen LogP contribution in [0.3, 0.4) is 0 Å². The highest BCUT2D eigenvalue weighted by atomic mass is 16.5. The minimum absolute atomic E-state index is 0.0143. The predicted molar refractivity (Wildman–Crippen MR) is 100 cm³/mol. The van der Waals surface area contributed by atoms with E-state index >= 15 is 0 Å². The Labute approximate surface area is 154 Å². The van der Waals surface area contributed by atoms with Crippen LogP contribution in [0.1, 0.15) is 41.1 Å². The van der Waals surface area contributed by atoms with Crippen LogP contribution in [0.5, 0.6) is 5.75 Å². The summed E-state index contributed by atoms with van der Waals surface area (Å²) in [7, 11) is 0. The quantitative estimate of drug-likeness (QED) is 0.674. The summed E-state index contributed by atoms with van der Waals surface area (Å²) in [6.45, 7) is 2.38. The molecule has 2 aromatic heterocycles. The highest BCUT2D eigenvalue weighted by Gasteiger charge is 2.34. The predicted octanol–water partition coefficient (Wildman–Crippen LogP) is 2.39. The van der Waals surface area contributed by atoms with E-state index in [0.717, 1.165) is 23.7 Å². The number of aromatic amines is 1. The minimum atomic E-state index is -0.600. The Morgan fingerprint density at radius 3 is 2.89 bits per heavy atom. The molecule has 1 aromatic carbocycles. The summed E-state index contributed by atoms with van der Waals surface area (Å²) in [6.07, 6.45) is 1.84. The van der Waals surface area contributed by atoms with Gasteiger partial charge in [0.2, 0.25) is 0 Å². The number of pyridine rings is 2. The molecule has 0 aliphatic carbocycles. The molecule has 0 amide bonds. The lowest BCUT2D eigenvalue weighted by Crippen LogP contribution is -2.34. The molecule has 0 saturated carbocycles. The molecule has 2 aliphatic rings. The number of para-hydroxylation sites is 1. The van der Waals surface area contributed by atoms with E-state index in [9.17, 15) is 14.4 Å². The number of aryl methyl sites for hydroxylation is 3. The summed E-state index contributed by atoms with van der Waals surface area (Å²) in [4.78, 5) is 40.9. The largest absolute Gasteiger partial charge is 0.426 e. The number of aromatic nitrogens is 2. The van der Waals surface area contributed by atoms with Crippen LogP contribution in [0.15, 0.2) is 39.9 Å². The number of benzene rings is 1. The third kappa shape index (κ3) is 2.36. The Hall–Kier alpha value is -3.15. The van der Waals surface area contributed by atoms with Gasteiger partial charge in [0.15, 0.2) is 0 Å². The number of hydrogen-bond donors (Lipinski definition) is 1. The number of fused-ring (bicyclic) bond motifs is 1. The van der Waals surface area contributed by atoms with Crippen molar-refractivity contribution in [1.29, 1.82) is 0 Å². The van der Waals surface area contributed by atoms with Gasteiger partial charge in [-0.3, -0.25) is 14.4 Å². The van der Waals surface area contributed by atoms with Crippen molar-refractivity contribution in [3.8, 4) is 5.75 Å². The van der Waals surface area contributed by atoms with E-state index in [-0.39, 0.29) is 23.3 Å². The SMILES string of the molecule is Cc1cc2c(c(=O)[nH]1)C(c1cc3cccc4c3n(c1=O)CCC4)CC(=O)O2. The zero-order chi connectivity index (χ0) is 18.7. The van der Waals surface area contributed by atoms with E-state index in [2.05, 4.69) is 11.1 Å². The Kier molecular flexibility index (Phi) is 3.37. The number of nitrogens with one attached hydrogen (secondary N) is 1. The summed E-state index contributed by atoms with van der Waals surface area (Å²) in [5.41, 5.74) is 3.15. The highest BCUT2D eigenvalue weighted by Crippen LogP contribution is 2.36. The number of rotatable bonds is 1. The highest BCUT2D eigenvalue weighted by molar-refractivity contribution is 5.84. The second kappa shape index (κ2) is 5.67. The van der Waals surface area contributed by atoms with Crippen molar-refractivity contribution in [2.24, 2.45) is 0 Å². The normalized spacial score (nSPS) is 18.3. The molecule has 6 heteroatoms. The molecule has 0 bridgehead atoms. The van der Waals surface area contributed by atoms with Crippen LogP contribution in [0.2, 0.25) is 0 Å². The molecule has 6 nitrogen and oxygen atoms in total. The average molecular weight is 362 g/mol. The van der Waals surface area contributed by atoms with Crippen molar-refractivity contribution in [1.82, 2.24) is 9.55 Å². The summed E-state index contributed by atoms with van der Waals surface area (Å²) < 4.78 is 7.09. The van der Waals surface area contributed by atoms with Crippen LogP contribution < -0.4 is 15.9 Å². The molecule has 3 aromatic rings. The summed E-state index contributed by atoms with van der Waals surface area (Å²) in [5, 5.41) is 0.964. The molecular formula is C21H18N2O4. The third-order valence-corrected chi connectivity index (χ3v) is 5.54. The van der Waals surface area contributed by atoms with Gasteiger partial charge in [0.05, 0.1) is 17.5 Å². The van der Waals surface area contributed by atoms with E-state index in [0.29, 0.717) is 23.4 Å². The number of carbonyl (C=O) groups is 1. The second-order valence-corrected chi connectivity index (χ2v) is 7.31. The fourth-order valence-corrected chi connectivity index (χ4v) is 4.42. The van der Waals surface area contributed by atoms with Crippen LogP contribution in [0, 0.1) is 6.92 Å². The van der Waals surface area contributed by atoms with Crippen molar-refractivity contribution in [2.75, 3.05) is 0 Å². The van der Waals surface area contributed by atoms with Gasteiger partial charge in [0.1, 0.15) is 5.75 Å². The first-order chi connectivity index (χ1) is 13.0. The first-order valence-electron chi connectivity index (χ1n) is 9.13. The summed E-state index contributed by atoms with van der Waals surface area (Å²) >= 11 is 0. The average Bonchev–Trinajstić information content (AvgIpc) is 2.63. The van der Waals surface area contributed by atoms with Crippen LogP contribution in [0.25, 0.3) is 10.9 Å². The lowest BCUT2D eigenvalue weighted by atomic mass is 9.86. The minimum Gasteiger partial charge on any atom is -0.426 e. The fourth-order valence-electron chi connectivity index (χ4n) is 4.42. The maximum atomic E-state index is 13.3.